The zero-order chi connectivity index (χ0) is 27.6. The maximum atomic E-state index is 13.8. The summed E-state index contributed by atoms with van der Waals surface area (Å²) in [5.41, 5.74) is 2.49. The molecule has 8 heteroatoms. The van der Waals surface area contributed by atoms with E-state index in [0.29, 0.717) is 18.0 Å². The molecule has 0 aliphatic rings. The maximum absolute atomic E-state index is 13.8. The van der Waals surface area contributed by atoms with Crippen molar-refractivity contribution in [3.05, 3.63) is 59.2 Å². The molecule has 1 unspecified atom stereocenters. The molecule has 2 rings (SSSR count). The highest BCUT2D eigenvalue weighted by Crippen LogP contribution is 2.30. The summed E-state index contributed by atoms with van der Waals surface area (Å²) >= 11 is 0. The Bertz CT molecular complexity index is 1040. The van der Waals surface area contributed by atoms with Crippen LogP contribution in [-0.2, 0) is 14.3 Å². The summed E-state index contributed by atoms with van der Waals surface area (Å²) in [7, 11) is 1.58. The number of nitrogens with zero attached hydrogens (tertiary/aromatic N) is 1. The minimum atomic E-state index is -0.881. The Hall–Kier alpha value is -3.55. The number of anilines is 1. The predicted molar refractivity (Wildman–Crippen MR) is 146 cm³/mol. The van der Waals surface area contributed by atoms with Crippen molar-refractivity contribution in [1.29, 1.82) is 0 Å². The Labute approximate surface area is 220 Å². The van der Waals surface area contributed by atoms with E-state index in [4.69, 9.17) is 9.47 Å². The third-order valence-electron chi connectivity index (χ3n) is 5.84. The molecule has 3 amide bonds. The normalized spacial score (nSPS) is 11.9. The molecule has 0 bridgehead atoms. The van der Waals surface area contributed by atoms with Crippen LogP contribution in [0.15, 0.2) is 42.5 Å². The standard InChI is InChI=1S/C29H41N3O5/c1-8-9-10-18-32(24(33)19-30-28(35)37-29(4,5)6)26(25-20(2)12-11-13-21(25)3)27(34)31-22-14-16-23(36-7)17-15-22/h11-17,26H,8-10,18-19H2,1-7H3,(H,30,35)(H,31,34). The fourth-order valence-electron chi connectivity index (χ4n) is 4.07. The molecular formula is C29H41N3O5. The number of alkyl carbamates (subject to hydrolysis) is 1. The fourth-order valence-corrected chi connectivity index (χ4v) is 4.07. The molecule has 0 aromatic heterocycles. The van der Waals surface area contributed by atoms with E-state index in [1.54, 1.807) is 57.0 Å². The number of rotatable bonds is 11. The first-order valence-electron chi connectivity index (χ1n) is 12.7. The average Bonchev–Trinajstić information content (AvgIpc) is 2.83. The minimum absolute atomic E-state index is 0.279. The zero-order valence-corrected chi connectivity index (χ0v) is 23.1. The summed E-state index contributed by atoms with van der Waals surface area (Å²) in [5, 5.41) is 5.52. The van der Waals surface area contributed by atoms with Crippen molar-refractivity contribution in [3.63, 3.8) is 0 Å². The topological polar surface area (TPSA) is 97.0 Å². The lowest BCUT2D eigenvalue weighted by atomic mass is 9.93. The van der Waals surface area contributed by atoms with Gasteiger partial charge in [-0.3, -0.25) is 9.59 Å². The van der Waals surface area contributed by atoms with Crippen LogP contribution in [0.4, 0.5) is 10.5 Å². The molecule has 0 saturated carbocycles. The van der Waals surface area contributed by atoms with E-state index in [-0.39, 0.29) is 18.4 Å². The third-order valence-corrected chi connectivity index (χ3v) is 5.84. The number of aryl methyl sites for hydroxylation is 2. The van der Waals surface area contributed by atoms with Crippen LogP contribution in [0, 0.1) is 13.8 Å². The quantitative estimate of drug-likeness (QED) is 0.386. The molecular weight excluding hydrogens is 470 g/mol. The molecule has 0 fully saturated rings. The first-order chi connectivity index (χ1) is 17.5. The molecule has 1 atom stereocenters. The minimum Gasteiger partial charge on any atom is -0.497 e. The van der Waals surface area contributed by atoms with Gasteiger partial charge in [0, 0.05) is 12.2 Å². The number of carbonyl (C=O) groups is 3. The number of ether oxygens (including phenoxy) is 2. The van der Waals surface area contributed by atoms with Crippen molar-refractivity contribution in [1.82, 2.24) is 10.2 Å². The van der Waals surface area contributed by atoms with Gasteiger partial charge in [0.2, 0.25) is 5.91 Å². The zero-order valence-electron chi connectivity index (χ0n) is 23.1. The smallest absolute Gasteiger partial charge is 0.408 e. The maximum Gasteiger partial charge on any atom is 0.408 e. The van der Waals surface area contributed by atoms with Crippen LogP contribution >= 0.6 is 0 Å². The van der Waals surface area contributed by atoms with Gasteiger partial charge in [-0.25, -0.2) is 4.79 Å². The van der Waals surface area contributed by atoms with Crippen LogP contribution in [0.25, 0.3) is 0 Å². The molecule has 2 aromatic rings. The highest BCUT2D eigenvalue weighted by atomic mass is 16.6. The molecule has 0 radical (unpaired) electrons. The van der Waals surface area contributed by atoms with E-state index < -0.39 is 17.7 Å². The van der Waals surface area contributed by atoms with Crippen molar-refractivity contribution in [2.45, 2.75) is 72.4 Å². The molecule has 0 aliphatic heterocycles. The van der Waals surface area contributed by atoms with Gasteiger partial charge >= 0.3 is 6.09 Å². The van der Waals surface area contributed by atoms with E-state index in [9.17, 15) is 14.4 Å². The number of unbranched alkanes of at least 4 members (excludes halogenated alkanes) is 2. The van der Waals surface area contributed by atoms with E-state index in [1.807, 2.05) is 32.0 Å². The predicted octanol–water partition coefficient (Wildman–Crippen LogP) is 5.54. The monoisotopic (exact) mass is 511 g/mol. The lowest BCUT2D eigenvalue weighted by Gasteiger charge is -2.33. The molecule has 2 aromatic carbocycles. The number of nitrogens with one attached hydrogen (secondary N) is 2. The summed E-state index contributed by atoms with van der Waals surface area (Å²) in [6, 6.07) is 12.0. The van der Waals surface area contributed by atoms with Crippen molar-refractivity contribution >= 4 is 23.6 Å². The van der Waals surface area contributed by atoms with Gasteiger partial charge in [-0.2, -0.15) is 0 Å². The lowest BCUT2D eigenvalue weighted by molar-refractivity contribution is -0.138. The molecule has 0 spiro atoms. The van der Waals surface area contributed by atoms with Crippen LogP contribution in [-0.4, -0.2) is 48.6 Å². The Morgan fingerprint density at radius 1 is 0.973 bits per heavy atom. The second kappa shape index (κ2) is 13.7. The van der Waals surface area contributed by atoms with Crippen LogP contribution in [0.1, 0.15) is 69.7 Å². The Morgan fingerprint density at radius 2 is 1.59 bits per heavy atom. The van der Waals surface area contributed by atoms with Gasteiger partial charge in [0.05, 0.1) is 7.11 Å². The van der Waals surface area contributed by atoms with Crippen LogP contribution in [0.2, 0.25) is 0 Å². The first kappa shape index (κ1) is 29.7. The van der Waals surface area contributed by atoms with Gasteiger partial charge in [0.1, 0.15) is 23.9 Å². The number of hydrogen-bond acceptors (Lipinski definition) is 5. The second-order valence-corrected chi connectivity index (χ2v) is 10.1. The second-order valence-electron chi connectivity index (χ2n) is 10.1. The van der Waals surface area contributed by atoms with Gasteiger partial charge in [0.15, 0.2) is 0 Å². The van der Waals surface area contributed by atoms with Crippen molar-refractivity contribution in [2.24, 2.45) is 0 Å². The van der Waals surface area contributed by atoms with E-state index in [2.05, 4.69) is 17.6 Å². The van der Waals surface area contributed by atoms with E-state index in [0.717, 1.165) is 36.0 Å². The van der Waals surface area contributed by atoms with Crippen molar-refractivity contribution in [2.75, 3.05) is 25.5 Å². The number of amides is 3. The lowest BCUT2D eigenvalue weighted by Crippen LogP contribution is -2.47. The van der Waals surface area contributed by atoms with Crippen molar-refractivity contribution in [3.8, 4) is 5.75 Å². The number of methoxy groups -OCH3 is 1. The van der Waals surface area contributed by atoms with E-state index in [1.165, 1.54) is 0 Å². The summed E-state index contributed by atoms with van der Waals surface area (Å²) in [5.74, 6) is -0.0157. The highest BCUT2D eigenvalue weighted by molar-refractivity contribution is 5.98. The van der Waals surface area contributed by atoms with E-state index >= 15 is 0 Å². The molecule has 0 heterocycles. The van der Waals surface area contributed by atoms with Gasteiger partial charge in [-0.05, 0) is 82.0 Å². The van der Waals surface area contributed by atoms with Crippen molar-refractivity contribution < 1.29 is 23.9 Å². The molecule has 8 nitrogen and oxygen atoms in total. The Kier molecular flexibility index (Phi) is 11.0. The van der Waals surface area contributed by atoms with Gasteiger partial charge in [0.25, 0.3) is 5.91 Å². The Morgan fingerprint density at radius 3 is 2.14 bits per heavy atom. The van der Waals surface area contributed by atoms with Crippen LogP contribution in [0.3, 0.4) is 0 Å². The first-order valence-corrected chi connectivity index (χ1v) is 12.7. The largest absolute Gasteiger partial charge is 0.497 e. The molecule has 0 saturated heterocycles. The summed E-state index contributed by atoms with van der Waals surface area (Å²) < 4.78 is 10.5. The average molecular weight is 512 g/mol. The molecule has 37 heavy (non-hydrogen) atoms. The number of hydrogen-bond donors (Lipinski definition) is 2. The van der Waals surface area contributed by atoms with Gasteiger partial charge in [-0.15, -0.1) is 0 Å². The summed E-state index contributed by atoms with van der Waals surface area (Å²) in [6.07, 6.45) is 1.92. The number of carbonyl (C=O) groups excluding carboxylic acids is 3. The number of benzene rings is 2. The van der Waals surface area contributed by atoms with Crippen LogP contribution < -0.4 is 15.4 Å². The third kappa shape index (κ3) is 9.12. The molecule has 0 aliphatic carbocycles. The Balaban J connectivity index is 2.42. The van der Waals surface area contributed by atoms with Gasteiger partial charge in [-0.1, -0.05) is 38.0 Å². The summed E-state index contributed by atoms with van der Waals surface area (Å²) in [6.45, 7) is 11.3. The molecule has 2 N–H and O–H groups in total. The highest BCUT2D eigenvalue weighted by Gasteiger charge is 2.33. The van der Waals surface area contributed by atoms with Crippen LogP contribution in [0.5, 0.6) is 5.75 Å². The summed E-state index contributed by atoms with van der Waals surface area (Å²) in [4.78, 5) is 41.2. The SMILES string of the molecule is CCCCCN(C(=O)CNC(=O)OC(C)(C)C)C(C(=O)Nc1ccc(OC)cc1)c1c(C)cccc1C. The fraction of sp³-hybridized carbons (Fsp3) is 0.483. The molecule has 202 valence electrons. The van der Waals surface area contributed by atoms with Gasteiger partial charge < -0.3 is 25.0 Å².